The van der Waals surface area contributed by atoms with Gasteiger partial charge in [-0.15, -0.1) is 6.58 Å². The largest absolute Gasteiger partial charge is 0.369 e. The number of piperazine rings is 1. The summed E-state index contributed by atoms with van der Waals surface area (Å²) in [5, 5.41) is 18.1. The molecule has 202 valence electrons. The molecule has 2 aromatic rings. The zero-order valence-corrected chi connectivity index (χ0v) is 22.5. The number of carbonyl (C=O) groups is 2. The number of nitrogens with one attached hydrogen (secondary N) is 4. The summed E-state index contributed by atoms with van der Waals surface area (Å²) in [4.78, 5) is 35.6. The molecule has 2 amide bonds. The molecule has 0 radical (unpaired) electrons. The second kappa shape index (κ2) is 13.9. The van der Waals surface area contributed by atoms with Crippen LogP contribution in [0.15, 0.2) is 54.3 Å². The summed E-state index contributed by atoms with van der Waals surface area (Å²) < 4.78 is 0. The molecule has 0 aliphatic carbocycles. The Morgan fingerprint density at radius 3 is 2.71 bits per heavy atom. The van der Waals surface area contributed by atoms with Gasteiger partial charge < -0.3 is 26.2 Å². The van der Waals surface area contributed by atoms with Crippen molar-refractivity contribution in [1.82, 2.24) is 25.6 Å². The third kappa shape index (κ3) is 7.62. The quantitative estimate of drug-likeness (QED) is 0.117. The molecular weight excluding hydrogens is 482 g/mol. The lowest BCUT2D eigenvalue weighted by Gasteiger charge is -2.30. The molecule has 0 bridgehead atoms. The number of nitrogens with zero attached hydrogens (tertiary/aromatic N) is 5. The summed E-state index contributed by atoms with van der Waals surface area (Å²) in [6, 6.07) is 5.98. The molecule has 3 rings (SSSR count). The molecule has 0 saturated carbocycles. The van der Waals surface area contributed by atoms with E-state index in [-0.39, 0.29) is 23.3 Å². The highest BCUT2D eigenvalue weighted by Gasteiger charge is 2.17. The number of anilines is 4. The van der Waals surface area contributed by atoms with Gasteiger partial charge in [0.1, 0.15) is 11.4 Å². The molecule has 1 aromatic heterocycles. The molecule has 11 heteroatoms. The van der Waals surface area contributed by atoms with Crippen molar-refractivity contribution in [2.75, 3.05) is 48.3 Å². The van der Waals surface area contributed by atoms with Crippen LogP contribution in [-0.2, 0) is 4.79 Å². The topological polar surface area (TPSA) is 127 Å². The molecular formula is C27H37N9O2. The molecule has 1 fully saturated rings. The molecule has 1 saturated heterocycles. The van der Waals surface area contributed by atoms with Crippen molar-refractivity contribution in [3.05, 3.63) is 60.3 Å². The van der Waals surface area contributed by atoms with E-state index in [2.05, 4.69) is 66.9 Å². The Morgan fingerprint density at radius 2 is 2.08 bits per heavy atom. The Labute approximate surface area is 224 Å². The van der Waals surface area contributed by atoms with Crippen LogP contribution in [0.3, 0.4) is 0 Å². The number of hydrazone groups is 1. The van der Waals surface area contributed by atoms with Crippen molar-refractivity contribution in [3.63, 3.8) is 0 Å². The summed E-state index contributed by atoms with van der Waals surface area (Å²) in [6.45, 7) is 15.4. The van der Waals surface area contributed by atoms with Crippen LogP contribution < -0.4 is 26.2 Å². The van der Waals surface area contributed by atoms with Crippen LogP contribution in [0.1, 0.15) is 36.7 Å². The highest BCUT2D eigenvalue weighted by Crippen LogP contribution is 2.26. The fourth-order valence-electron chi connectivity index (χ4n) is 3.85. The number of hydrogen-bond donors (Lipinski definition) is 4. The Hall–Kier alpha value is -4.25. The minimum absolute atomic E-state index is 0.153. The highest BCUT2D eigenvalue weighted by atomic mass is 16.2. The van der Waals surface area contributed by atoms with Crippen LogP contribution in [0.5, 0.6) is 0 Å². The normalized spacial score (nSPS) is 13.9. The zero-order valence-electron chi connectivity index (χ0n) is 22.5. The summed E-state index contributed by atoms with van der Waals surface area (Å²) in [5.74, 6) is 0.515. The minimum atomic E-state index is -0.369. The number of amides is 2. The van der Waals surface area contributed by atoms with Gasteiger partial charge in [-0.3, -0.25) is 9.59 Å². The van der Waals surface area contributed by atoms with Gasteiger partial charge in [0.25, 0.3) is 5.91 Å². The van der Waals surface area contributed by atoms with E-state index in [1.165, 1.54) is 16.9 Å². The van der Waals surface area contributed by atoms with Crippen molar-refractivity contribution in [3.8, 4) is 0 Å². The predicted octanol–water partition coefficient (Wildman–Crippen LogP) is 3.02. The van der Waals surface area contributed by atoms with Crippen LogP contribution in [0, 0.1) is 6.92 Å². The van der Waals surface area contributed by atoms with E-state index >= 15 is 0 Å². The van der Waals surface area contributed by atoms with Gasteiger partial charge in [0.05, 0.1) is 0 Å². The van der Waals surface area contributed by atoms with Crippen LogP contribution in [0.2, 0.25) is 0 Å². The molecule has 2 heterocycles. The Kier molecular flexibility index (Phi) is 10.4. The van der Waals surface area contributed by atoms with E-state index in [1.54, 1.807) is 18.2 Å². The first-order valence-electron chi connectivity index (χ1n) is 12.7. The summed E-state index contributed by atoms with van der Waals surface area (Å²) in [7, 11) is 0. The first-order chi connectivity index (χ1) is 18.4. The third-order valence-corrected chi connectivity index (χ3v) is 5.78. The molecule has 38 heavy (non-hydrogen) atoms. The van der Waals surface area contributed by atoms with Gasteiger partial charge in [0.15, 0.2) is 5.84 Å². The molecule has 1 aliphatic rings. The van der Waals surface area contributed by atoms with Gasteiger partial charge in [-0.25, -0.2) is 9.99 Å². The van der Waals surface area contributed by atoms with E-state index in [0.717, 1.165) is 37.4 Å². The van der Waals surface area contributed by atoms with E-state index in [0.29, 0.717) is 24.7 Å². The van der Waals surface area contributed by atoms with Crippen molar-refractivity contribution >= 4 is 41.3 Å². The van der Waals surface area contributed by atoms with Crippen molar-refractivity contribution < 1.29 is 9.59 Å². The summed E-state index contributed by atoms with van der Waals surface area (Å²) in [5.41, 5.74) is 3.39. The molecule has 0 unspecified atom stereocenters. The number of allylic oxidation sites excluding steroid dienone is 1. The lowest BCUT2D eigenvalue weighted by Crippen LogP contribution is -2.43. The van der Waals surface area contributed by atoms with E-state index in [1.807, 2.05) is 26.8 Å². The van der Waals surface area contributed by atoms with E-state index in [9.17, 15) is 9.59 Å². The SMILES string of the molecule is C=CCNC(=O)c1cnc(Nc2ccc(N3CCNCC3)c(C)c2)nc1NC(/C=C\C)=N/N(C=O)C(C)C. The zero-order chi connectivity index (χ0) is 27.5. The molecule has 0 spiro atoms. The number of amidine groups is 1. The number of hydrogen-bond acceptors (Lipinski definition) is 8. The minimum Gasteiger partial charge on any atom is -0.369 e. The smallest absolute Gasteiger partial charge is 0.256 e. The van der Waals surface area contributed by atoms with E-state index in [4.69, 9.17) is 0 Å². The molecule has 0 atom stereocenters. The predicted molar refractivity (Wildman–Crippen MR) is 153 cm³/mol. The Morgan fingerprint density at radius 1 is 1.32 bits per heavy atom. The fourth-order valence-corrected chi connectivity index (χ4v) is 3.85. The highest BCUT2D eigenvalue weighted by molar-refractivity contribution is 6.08. The van der Waals surface area contributed by atoms with Crippen molar-refractivity contribution in [2.24, 2.45) is 5.10 Å². The van der Waals surface area contributed by atoms with Gasteiger partial charge in [-0.2, -0.15) is 10.1 Å². The maximum Gasteiger partial charge on any atom is 0.256 e. The monoisotopic (exact) mass is 519 g/mol. The van der Waals surface area contributed by atoms with Gasteiger partial charge in [0.2, 0.25) is 12.4 Å². The first-order valence-corrected chi connectivity index (χ1v) is 12.7. The van der Waals surface area contributed by atoms with Gasteiger partial charge in [0, 0.05) is 56.3 Å². The van der Waals surface area contributed by atoms with Gasteiger partial charge >= 0.3 is 0 Å². The fraction of sp³-hybridized carbons (Fsp3) is 0.370. The molecule has 1 aromatic carbocycles. The maximum atomic E-state index is 12.8. The van der Waals surface area contributed by atoms with Gasteiger partial charge in [-0.1, -0.05) is 12.2 Å². The lowest BCUT2D eigenvalue weighted by atomic mass is 10.1. The van der Waals surface area contributed by atoms with Crippen LogP contribution in [0.4, 0.5) is 23.1 Å². The number of aromatic nitrogens is 2. The van der Waals surface area contributed by atoms with Crippen LogP contribution in [0.25, 0.3) is 0 Å². The van der Waals surface area contributed by atoms with E-state index < -0.39 is 0 Å². The summed E-state index contributed by atoms with van der Waals surface area (Å²) in [6.07, 6.45) is 7.15. The van der Waals surface area contributed by atoms with Crippen LogP contribution >= 0.6 is 0 Å². The second-order valence-corrected chi connectivity index (χ2v) is 9.01. The number of rotatable bonds is 11. The average Bonchev–Trinajstić information content (AvgIpc) is 2.91. The number of benzene rings is 1. The molecule has 1 aliphatic heterocycles. The van der Waals surface area contributed by atoms with Crippen molar-refractivity contribution in [1.29, 1.82) is 0 Å². The van der Waals surface area contributed by atoms with Gasteiger partial charge in [-0.05, 0) is 57.5 Å². The lowest BCUT2D eigenvalue weighted by molar-refractivity contribution is -0.119. The molecule has 4 N–H and O–H groups in total. The third-order valence-electron chi connectivity index (χ3n) is 5.78. The summed E-state index contributed by atoms with van der Waals surface area (Å²) >= 11 is 0. The average molecular weight is 520 g/mol. The number of carbonyl (C=O) groups excluding carboxylic acids is 2. The van der Waals surface area contributed by atoms with Crippen LogP contribution in [-0.4, -0.2) is 71.9 Å². The molecule has 11 nitrogen and oxygen atoms in total. The van der Waals surface area contributed by atoms with Crippen molar-refractivity contribution in [2.45, 2.75) is 33.7 Å². The second-order valence-electron chi connectivity index (χ2n) is 9.01. The first kappa shape index (κ1) is 28.3. The maximum absolute atomic E-state index is 12.8. The Balaban J connectivity index is 1.92. The number of aryl methyl sites for hydroxylation is 1. The Bertz CT molecular complexity index is 1190. The standard InChI is InChI=1S/C27H37N9O2/c1-6-8-24(34-36(18-37)19(3)4)32-25-22(26(38)29-11-7-2)17-30-27(33-25)31-21-9-10-23(20(5)16-21)35-14-12-28-13-15-35/h6-10,16-19,28H,2,11-15H2,1,3-5H3,(H,29,38)(H2,30,31,32,33,34)/b8-6-.